The SMILES string of the molecule is CC[C@@H](C)NC(=O)CSc1nccnc1Sc1ccccc1C. The molecule has 23 heavy (non-hydrogen) atoms. The molecule has 0 saturated heterocycles. The summed E-state index contributed by atoms with van der Waals surface area (Å²) in [6.07, 6.45) is 4.27. The number of nitrogens with zero attached hydrogens (tertiary/aromatic N) is 2. The van der Waals surface area contributed by atoms with E-state index in [4.69, 9.17) is 0 Å². The van der Waals surface area contributed by atoms with Gasteiger partial charge in [0, 0.05) is 23.3 Å². The van der Waals surface area contributed by atoms with Crippen molar-refractivity contribution in [2.45, 2.75) is 48.2 Å². The molecule has 1 heterocycles. The first-order chi connectivity index (χ1) is 11.1. The minimum Gasteiger partial charge on any atom is -0.353 e. The van der Waals surface area contributed by atoms with Gasteiger partial charge in [0.05, 0.1) is 5.75 Å². The number of benzene rings is 1. The van der Waals surface area contributed by atoms with Crippen LogP contribution in [-0.4, -0.2) is 27.7 Å². The Kier molecular flexibility index (Phi) is 6.92. The molecule has 6 heteroatoms. The maximum atomic E-state index is 11.9. The lowest BCUT2D eigenvalue weighted by Gasteiger charge is -2.11. The lowest BCUT2D eigenvalue weighted by atomic mass is 10.2. The van der Waals surface area contributed by atoms with Crippen molar-refractivity contribution in [3.05, 3.63) is 42.2 Å². The van der Waals surface area contributed by atoms with Crippen molar-refractivity contribution in [1.29, 1.82) is 0 Å². The van der Waals surface area contributed by atoms with Crippen LogP contribution in [0, 0.1) is 6.92 Å². The summed E-state index contributed by atoms with van der Waals surface area (Å²) in [5.41, 5.74) is 1.20. The highest BCUT2D eigenvalue weighted by Crippen LogP contribution is 2.33. The Morgan fingerprint density at radius 3 is 2.61 bits per heavy atom. The number of carbonyl (C=O) groups excluding carboxylic acids is 1. The Bertz CT molecular complexity index is 664. The number of thioether (sulfide) groups is 1. The zero-order valence-electron chi connectivity index (χ0n) is 13.6. The van der Waals surface area contributed by atoms with Gasteiger partial charge < -0.3 is 5.32 Å². The molecule has 1 atom stereocenters. The van der Waals surface area contributed by atoms with Gasteiger partial charge >= 0.3 is 0 Å². The van der Waals surface area contributed by atoms with Crippen molar-refractivity contribution in [3.63, 3.8) is 0 Å². The summed E-state index contributed by atoms with van der Waals surface area (Å²) in [6, 6.07) is 8.37. The van der Waals surface area contributed by atoms with Crippen LogP contribution in [0.3, 0.4) is 0 Å². The summed E-state index contributed by atoms with van der Waals surface area (Å²) >= 11 is 3.01. The molecule has 1 aromatic carbocycles. The van der Waals surface area contributed by atoms with E-state index in [2.05, 4.69) is 41.3 Å². The van der Waals surface area contributed by atoms with Crippen LogP contribution in [0.2, 0.25) is 0 Å². The average Bonchev–Trinajstić information content (AvgIpc) is 2.56. The minimum absolute atomic E-state index is 0.0295. The fourth-order valence-corrected chi connectivity index (χ4v) is 3.61. The lowest BCUT2D eigenvalue weighted by Crippen LogP contribution is -2.33. The highest BCUT2D eigenvalue weighted by atomic mass is 32.2. The summed E-state index contributed by atoms with van der Waals surface area (Å²) in [5.74, 6) is 0.381. The second kappa shape index (κ2) is 8.93. The van der Waals surface area contributed by atoms with Crippen molar-refractivity contribution in [3.8, 4) is 0 Å². The normalized spacial score (nSPS) is 12.0. The summed E-state index contributed by atoms with van der Waals surface area (Å²) in [5, 5.41) is 4.59. The summed E-state index contributed by atoms with van der Waals surface area (Å²) in [6.45, 7) is 6.13. The highest BCUT2D eigenvalue weighted by Gasteiger charge is 2.12. The fourth-order valence-electron chi connectivity index (χ4n) is 1.81. The van der Waals surface area contributed by atoms with Crippen LogP contribution in [0.4, 0.5) is 0 Å². The second-order valence-electron chi connectivity index (χ2n) is 5.20. The van der Waals surface area contributed by atoms with Gasteiger partial charge in [-0.3, -0.25) is 4.79 Å². The molecule has 0 bridgehead atoms. The van der Waals surface area contributed by atoms with Gasteiger partial charge in [0.1, 0.15) is 10.1 Å². The first kappa shape index (κ1) is 17.8. The van der Waals surface area contributed by atoms with Gasteiger partial charge in [0.25, 0.3) is 0 Å². The van der Waals surface area contributed by atoms with Crippen molar-refractivity contribution in [2.75, 3.05) is 5.75 Å². The molecule has 0 aliphatic heterocycles. The molecule has 0 spiro atoms. The Hall–Kier alpha value is -1.53. The molecule has 0 fully saturated rings. The smallest absolute Gasteiger partial charge is 0.230 e. The summed E-state index contributed by atoms with van der Waals surface area (Å²) < 4.78 is 0. The highest BCUT2D eigenvalue weighted by molar-refractivity contribution is 8.02. The van der Waals surface area contributed by atoms with E-state index in [0.717, 1.165) is 21.4 Å². The van der Waals surface area contributed by atoms with E-state index < -0.39 is 0 Å². The van der Waals surface area contributed by atoms with E-state index in [1.807, 2.05) is 19.1 Å². The van der Waals surface area contributed by atoms with Crippen LogP contribution >= 0.6 is 23.5 Å². The number of hydrogen-bond donors (Lipinski definition) is 1. The molecule has 0 unspecified atom stereocenters. The van der Waals surface area contributed by atoms with Crippen LogP contribution in [0.25, 0.3) is 0 Å². The molecule has 2 rings (SSSR count). The van der Waals surface area contributed by atoms with E-state index in [0.29, 0.717) is 5.75 Å². The number of hydrogen-bond acceptors (Lipinski definition) is 5. The Balaban J connectivity index is 2.03. The van der Waals surface area contributed by atoms with Gasteiger partial charge in [0.15, 0.2) is 0 Å². The van der Waals surface area contributed by atoms with E-state index in [1.54, 1.807) is 24.2 Å². The topological polar surface area (TPSA) is 54.9 Å². The van der Waals surface area contributed by atoms with Gasteiger partial charge in [-0.2, -0.15) is 0 Å². The number of carbonyl (C=O) groups is 1. The van der Waals surface area contributed by atoms with Gasteiger partial charge in [-0.05, 0) is 31.9 Å². The Labute approximate surface area is 145 Å². The molecule has 4 nitrogen and oxygen atoms in total. The van der Waals surface area contributed by atoms with Gasteiger partial charge in [-0.25, -0.2) is 9.97 Å². The number of amides is 1. The zero-order valence-corrected chi connectivity index (χ0v) is 15.2. The minimum atomic E-state index is 0.0295. The van der Waals surface area contributed by atoms with Crippen LogP contribution in [0.5, 0.6) is 0 Å². The Morgan fingerprint density at radius 1 is 1.22 bits per heavy atom. The van der Waals surface area contributed by atoms with Crippen molar-refractivity contribution < 1.29 is 4.79 Å². The number of aromatic nitrogens is 2. The van der Waals surface area contributed by atoms with Crippen molar-refractivity contribution >= 4 is 29.4 Å². The first-order valence-corrected chi connectivity index (χ1v) is 9.37. The van der Waals surface area contributed by atoms with Gasteiger partial charge in [-0.1, -0.05) is 48.6 Å². The predicted octanol–water partition coefficient (Wildman–Crippen LogP) is 3.94. The molecule has 1 amide bonds. The molecule has 0 aliphatic rings. The van der Waals surface area contributed by atoms with E-state index in [-0.39, 0.29) is 11.9 Å². The van der Waals surface area contributed by atoms with Crippen molar-refractivity contribution in [2.24, 2.45) is 0 Å². The second-order valence-corrected chi connectivity index (χ2v) is 7.19. The van der Waals surface area contributed by atoms with Gasteiger partial charge in [0.2, 0.25) is 5.91 Å². The number of aryl methyl sites for hydroxylation is 1. The molecule has 0 aliphatic carbocycles. The largest absolute Gasteiger partial charge is 0.353 e. The monoisotopic (exact) mass is 347 g/mol. The zero-order chi connectivity index (χ0) is 16.7. The summed E-state index contributed by atoms with van der Waals surface area (Å²) in [7, 11) is 0. The average molecular weight is 348 g/mol. The number of rotatable bonds is 7. The molecule has 0 saturated carbocycles. The van der Waals surface area contributed by atoms with E-state index in [1.165, 1.54) is 17.3 Å². The lowest BCUT2D eigenvalue weighted by molar-refractivity contribution is -0.119. The van der Waals surface area contributed by atoms with Crippen LogP contribution in [-0.2, 0) is 4.79 Å². The van der Waals surface area contributed by atoms with Crippen LogP contribution in [0.1, 0.15) is 25.8 Å². The molecular formula is C17H21N3OS2. The van der Waals surface area contributed by atoms with Crippen LogP contribution in [0.15, 0.2) is 51.6 Å². The van der Waals surface area contributed by atoms with Gasteiger partial charge in [-0.15, -0.1) is 0 Å². The molecule has 122 valence electrons. The molecule has 0 radical (unpaired) electrons. The maximum absolute atomic E-state index is 11.9. The van der Waals surface area contributed by atoms with Crippen molar-refractivity contribution in [1.82, 2.24) is 15.3 Å². The number of nitrogens with one attached hydrogen (secondary N) is 1. The van der Waals surface area contributed by atoms with E-state index in [9.17, 15) is 4.79 Å². The maximum Gasteiger partial charge on any atom is 0.230 e. The Morgan fingerprint density at radius 2 is 1.91 bits per heavy atom. The molecular weight excluding hydrogens is 326 g/mol. The third-order valence-corrected chi connectivity index (χ3v) is 5.57. The first-order valence-electron chi connectivity index (χ1n) is 7.56. The summed E-state index contributed by atoms with van der Waals surface area (Å²) in [4.78, 5) is 21.9. The quantitative estimate of drug-likeness (QED) is 0.769. The molecule has 2 aromatic rings. The van der Waals surface area contributed by atoms with Crippen LogP contribution < -0.4 is 5.32 Å². The fraction of sp³-hybridized carbons (Fsp3) is 0.353. The third kappa shape index (κ3) is 5.55. The molecule has 1 N–H and O–H groups in total. The third-order valence-electron chi connectivity index (χ3n) is 3.29. The standard InChI is InChI=1S/C17H21N3OS2/c1-4-13(3)20-15(21)11-22-16-17(19-10-9-18-16)23-14-8-6-5-7-12(14)2/h5-10,13H,4,11H2,1-3H3,(H,20,21)/t13-/m1/s1. The molecule has 1 aromatic heterocycles. The predicted molar refractivity (Wildman–Crippen MR) is 96.0 cm³/mol. The van der Waals surface area contributed by atoms with E-state index >= 15 is 0 Å².